The monoisotopic (exact) mass is 510 g/mol. The number of hydrogen-bond donors (Lipinski definition) is 2. The van der Waals surface area contributed by atoms with Gasteiger partial charge < -0.3 is 24.6 Å². The Hall–Kier alpha value is -4.10. The van der Waals surface area contributed by atoms with Gasteiger partial charge in [-0.2, -0.15) is 0 Å². The lowest BCUT2D eigenvalue weighted by Gasteiger charge is -2.34. The fourth-order valence-electron chi connectivity index (χ4n) is 4.50. The van der Waals surface area contributed by atoms with Gasteiger partial charge in [-0.1, -0.05) is 45.0 Å². The molecule has 0 radical (unpaired) electrons. The van der Waals surface area contributed by atoms with E-state index in [1.165, 1.54) is 5.56 Å². The highest BCUT2D eigenvalue weighted by Crippen LogP contribution is 2.27. The van der Waals surface area contributed by atoms with Crippen LogP contribution < -0.4 is 10.1 Å². The molecule has 0 unspecified atom stereocenters. The highest BCUT2D eigenvalue weighted by Gasteiger charge is 2.19. The Balaban J connectivity index is 1.25. The highest BCUT2D eigenvalue weighted by atomic mass is 16.5. The van der Waals surface area contributed by atoms with E-state index in [9.17, 15) is 4.79 Å². The van der Waals surface area contributed by atoms with Gasteiger partial charge in [0, 0.05) is 37.1 Å². The van der Waals surface area contributed by atoms with Gasteiger partial charge in [0.25, 0.3) is 5.91 Å². The highest BCUT2D eigenvalue weighted by molar-refractivity contribution is 6.06. The summed E-state index contributed by atoms with van der Waals surface area (Å²) in [6.45, 7) is 9.80. The second kappa shape index (κ2) is 10.7. The van der Waals surface area contributed by atoms with Crippen molar-refractivity contribution in [3.05, 3.63) is 95.9 Å². The van der Waals surface area contributed by atoms with Gasteiger partial charge >= 0.3 is 0 Å². The number of carbonyl (C=O) groups is 1. The Labute approximate surface area is 223 Å². The Bertz CT molecular complexity index is 1410. The van der Waals surface area contributed by atoms with Crippen LogP contribution in [0.25, 0.3) is 10.8 Å². The molecule has 0 bridgehead atoms. The predicted molar refractivity (Wildman–Crippen MR) is 152 cm³/mol. The van der Waals surface area contributed by atoms with Crippen LogP contribution in [0.4, 0.5) is 5.69 Å². The molecule has 0 aliphatic carbocycles. The molecule has 3 aromatic carbocycles. The third kappa shape index (κ3) is 5.89. The maximum atomic E-state index is 13.0. The topological polar surface area (TPSA) is 77.9 Å². The molecule has 38 heavy (non-hydrogen) atoms. The first-order chi connectivity index (χ1) is 18.3. The quantitative estimate of drug-likeness (QED) is 0.345. The van der Waals surface area contributed by atoms with E-state index in [2.05, 4.69) is 32.2 Å². The largest absolute Gasteiger partial charge is 0.458 e. The molecule has 0 aromatic heterocycles. The minimum Gasteiger partial charge on any atom is -0.458 e. The zero-order chi connectivity index (χ0) is 26.7. The SMILES string of the molecule is CC(C)(C)c1cccc(NC(=O)c2ccc3ccc(OC4=CCN(C(=N)N5CCOCC5)C=C4)cc3c2)c1. The number of nitrogens with one attached hydrogen (secondary N) is 2. The van der Waals surface area contributed by atoms with E-state index in [1.54, 1.807) is 0 Å². The van der Waals surface area contributed by atoms with Crippen molar-refractivity contribution in [2.75, 3.05) is 38.2 Å². The van der Waals surface area contributed by atoms with Crippen molar-refractivity contribution in [1.82, 2.24) is 9.80 Å². The van der Waals surface area contributed by atoms with Gasteiger partial charge in [0.05, 0.1) is 13.2 Å². The fraction of sp³-hybridized carbons (Fsp3) is 0.290. The van der Waals surface area contributed by atoms with Crippen molar-refractivity contribution < 1.29 is 14.3 Å². The predicted octanol–water partition coefficient (Wildman–Crippen LogP) is 5.75. The molecular weight excluding hydrogens is 476 g/mol. The molecule has 0 atom stereocenters. The third-order valence-electron chi connectivity index (χ3n) is 6.79. The van der Waals surface area contributed by atoms with Crippen LogP contribution in [0.2, 0.25) is 0 Å². The van der Waals surface area contributed by atoms with Crippen molar-refractivity contribution in [3.63, 3.8) is 0 Å². The minimum atomic E-state index is -0.148. The molecular formula is C31H34N4O3. The van der Waals surface area contributed by atoms with Gasteiger partial charge in [0.2, 0.25) is 0 Å². The lowest BCUT2D eigenvalue weighted by atomic mass is 9.87. The lowest BCUT2D eigenvalue weighted by Crippen LogP contribution is -2.47. The van der Waals surface area contributed by atoms with Gasteiger partial charge in [-0.15, -0.1) is 0 Å². The molecule has 0 spiro atoms. The van der Waals surface area contributed by atoms with Crippen LogP contribution in [0.1, 0.15) is 36.7 Å². The molecule has 3 aromatic rings. The Morgan fingerprint density at radius 3 is 2.53 bits per heavy atom. The Morgan fingerprint density at radius 2 is 1.79 bits per heavy atom. The van der Waals surface area contributed by atoms with Crippen LogP contribution in [0.3, 0.4) is 0 Å². The van der Waals surface area contributed by atoms with Crippen molar-refractivity contribution in [3.8, 4) is 5.75 Å². The number of nitrogens with zero attached hydrogens (tertiary/aromatic N) is 2. The van der Waals surface area contributed by atoms with E-state index in [-0.39, 0.29) is 11.3 Å². The minimum absolute atomic E-state index is 0.00578. The summed E-state index contributed by atoms with van der Waals surface area (Å²) in [6.07, 6.45) is 5.72. The van der Waals surface area contributed by atoms with E-state index in [0.29, 0.717) is 37.0 Å². The van der Waals surface area contributed by atoms with E-state index < -0.39 is 0 Å². The Morgan fingerprint density at radius 1 is 1.00 bits per heavy atom. The fourth-order valence-corrected chi connectivity index (χ4v) is 4.50. The van der Waals surface area contributed by atoms with Crippen molar-refractivity contribution in [2.45, 2.75) is 26.2 Å². The van der Waals surface area contributed by atoms with Crippen LogP contribution in [0.15, 0.2) is 84.8 Å². The average molecular weight is 511 g/mol. The first-order valence-corrected chi connectivity index (χ1v) is 13.0. The van der Waals surface area contributed by atoms with Crippen molar-refractivity contribution in [1.29, 1.82) is 5.41 Å². The lowest BCUT2D eigenvalue weighted by molar-refractivity contribution is 0.0634. The number of guanidine groups is 1. The number of fused-ring (bicyclic) bond motifs is 1. The second-order valence-electron chi connectivity index (χ2n) is 10.6. The molecule has 7 nitrogen and oxygen atoms in total. The Kier molecular flexibility index (Phi) is 7.20. The average Bonchev–Trinajstić information content (AvgIpc) is 2.93. The van der Waals surface area contributed by atoms with Gasteiger partial charge in [-0.25, -0.2) is 0 Å². The first kappa shape index (κ1) is 25.5. The van der Waals surface area contributed by atoms with Gasteiger partial charge in [-0.05, 0) is 70.3 Å². The number of allylic oxidation sites excluding steroid dienone is 1. The van der Waals surface area contributed by atoms with Crippen molar-refractivity contribution in [2.24, 2.45) is 0 Å². The van der Waals surface area contributed by atoms with Gasteiger partial charge in [0.1, 0.15) is 11.5 Å². The third-order valence-corrected chi connectivity index (χ3v) is 6.79. The zero-order valence-corrected chi connectivity index (χ0v) is 22.2. The molecule has 2 N–H and O–H groups in total. The van der Waals surface area contributed by atoms with Crippen LogP contribution in [-0.2, 0) is 10.2 Å². The molecule has 196 valence electrons. The summed E-state index contributed by atoms with van der Waals surface area (Å²) in [5.41, 5.74) is 2.55. The number of ether oxygens (including phenoxy) is 2. The number of amides is 1. The number of benzene rings is 3. The summed E-state index contributed by atoms with van der Waals surface area (Å²) in [7, 11) is 0. The first-order valence-electron chi connectivity index (χ1n) is 13.0. The summed E-state index contributed by atoms with van der Waals surface area (Å²) < 4.78 is 11.5. The summed E-state index contributed by atoms with van der Waals surface area (Å²) >= 11 is 0. The van der Waals surface area contributed by atoms with Crippen molar-refractivity contribution >= 4 is 28.3 Å². The van der Waals surface area contributed by atoms with E-state index in [4.69, 9.17) is 14.9 Å². The molecule has 7 heteroatoms. The maximum Gasteiger partial charge on any atom is 0.255 e. The molecule has 1 saturated heterocycles. The molecule has 0 saturated carbocycles. The number of morpholine rings is 1. The summed E-state index contributed by atoms with van der Waals surface area (Å²) in [5.74, 6) is 1.75. The molecule has 2 heterocycles. The smallest absolute Gasteiger partial charge is 0.255 e. The molecule has 1 fully saturated rings. The molecule has 2 aliphatic rings. The number of rotatable bonds is 4. The molecule has 2 aliphatic heterocycles. The summed E-state index contributed by atoms with van der Waals surface area (Å²) in [6, 6.07) is 19.5. The number of carbonyl (C=O) groups excluding carboxylic acids is 1. The second-order valence-corrected chi connectivity index (χ2v) is 10.6. The van der Waals surface area contributed by atoms with Crippen LogP contribution in [0.5, 0.6) is 5.75 Å². The maximum absolute atomic E-state index is 13.0. The standard InChI is InChI=1S/C31H34N4O3/c1-31(2,3)25-5-4-6-26(21-25)33-29(36)23-8-7-22-9-10-28(20-24(22)19-23)38-27-11-13-34(14-12-27)30(32)35-15-17-37-18-16-35/h4-13,19-21,32H,14-18H2,1-3H3,(H,33,36). The summed E-state index contributed by atoms with van der Waals surface area (Å²) in [4.78, 5) is 16.9. The van der Waals surface area contributed by atoms with E-state index >= 15 is 0 Å². The number of anilines is 1. The molecule has 5 rings (SSSR count). The number of hydrogen-bond acceptors (Lipinski definition) is 4. The zero-order valence-electron chi connectivity index (χ0n) is 22.2. The van der Waals surface area contributed by atoms with Crippen LogP contribution >= 0.6 is 0 Å². The van der Waals surface area contributed by atoms with Gasteiger partial charge in [0.15, 0.2) is 5.96 Å². The molecule has 1 amide bonds. The normalized spacial score (nSPS) is 15.8. The van der Waals surface area contributed by atoms with Gasteiger partial charge in [-0.3, -0.25) is 10.2 Å². The van der Waals surface area contributed by atoms with Crippen LogP contribution in [-0.4, -0.2) is 54.5 Å². The summed E-state index contributed by atoms with van der Waals surface area (Å²) in [5, 5.41) is 13.4. The van der Waals surface area contributed by atoms with E-state index in [1.807, 2.05) is 82.7 Å². The van der Waals surface area contributed by atoms with E-state index in [0.717, 1.165) is 35.3 Å². The van der Waals surface area contributed by atoms with Crippen LogP contribution in [0, 0.1) is 5.41 Å².